The first-order valence-corrected chi connectivity index (χ1v) is 9.07. The van der Waals surface area contributed by atoms with Crippen molar-refractivity contribution in [2.75, 3.05) is 11.8 Å². The molecule has 0 fully saturated rings. The van der Waals surface area contributed by atoms with E-state index in [2.05, 4.69) is 41.3 Å². The maximum atomic E-state index is 12.6. The van der Waals surface area contributed by atoms with E-state index in [0.29, 0.717) is 14.6 Å². The summed E-state index contributed by atoms with van der Waals surface area (Å²) in [5.41, 5.74) is 0.331. The first-order valence-electron chi connectivity index (χ1n) is 6.00. The van der Waals surface area contributed by atoms with Crippen LogP contribution in [-0.2, 0) is 14.8 Å². The van der Waals surface area contributed by atoms with Crippen molar-refractivity contribution in [2.45, 2.75) is 4.90 Å². The van der Waals surface area contributed by atoms with Gasteiger partial charge in [-0.1, -0.05) is 28.1 Å². The Kier molecular flexibility index (Phi) is 5.25. The average Bonchev–Trinajstić information content (AvgIpc) is 2.48. The number of carbonyl (C=O) groups is 1. The number of esters is 1. The molecule has 116 valence electrons. The van der Waals surface area contributed by atoms with Crippen LogP contribution in [0, 0.1) is 0 Å². The quantitative estimate of drug-likeness (QED) is 0.722. The molecule has 1 N–H and O–H groups in total. The van der Waals surface area contributed by atoms with Gasteiger partial charge in [0, 0.05) is 8.95 Å². The summed E-state index contributed by atoms with van der Waals surface area (Å²) in [6, 6.07) is 11.1. The van der Waals surface area contributed by atoms with Crippen molar-refractivity contribution in [1.29, 1.82) is 0 Å². The highest BCUT2D eigenvalue weighted by atomic mass is 79.9. The maximum absolute atomic E-state index is 12.6. The summed E-state index contributed by atoms with van der Waals surface area (Å²) in [5, 5.41) is 0. The molecule has 0 saturated carbocycles. The molecule has 2 aromatic carbocycles. The molecular formula is C14H11Br2NO4S. The van der Waals surface area contributed by atoms with Crippen molar-refractivity contribution in [2.24, 2.45) is 0 Å². The lowest BCUT2D eigenvalue weighted by Gasteiger charge is -2.12. The topological polar surface area (TPSA) is 72.5 Å². The average molecular weight is 449 g/mol. The number of anilines is 1. The van der Waals surface area contributed by atoms with Crippen molar-refractivity contribution < 1.29 is 17.9 Å². The van der Waals surface area contributed by atoms with Crippen LogP contribution in [0.15, 0.2) is 56.3 Å². The minimum atomic E-state index is -3.94. The van der Waals surface area contributed by atoms with E-state index in [1.54, 1.807) is 30.3 Å². The number of methoxy groups -OCH3 is 1. The summed E-state index contributed by atoms with van der Waals surface area (Å²) in [6.45, 7) is 0. The van der Waals surface area contributed by atoms with Crippen LogP contribution in [0.4, 0.5) is 5.69 Å². The fourth-order valence-electron chi connectivity index (χ4n) is 1.75. The Bertz CT molecular complexity index is 821. The third-order valence-electron chi connectivity index (χ3n) is 2.75. The fraction of sp³-hybridized carbons (Fsp3) is 0.0714. The minimum absolute atomic E-state index is 0.0450. The number of ether oxygens (including phenoxy) is 1. The fourth-order valence-corrected chi connectivity index (χ4v) is 3.88. The summed E-state index contributed by atoms with van der Waals surface area (Å²) in [5.74, 6) is -0.728. The predicted octanol–water partition coefficient (Wildman–Crippen LogP) is 3.80. The highest BCUT2D eigenvalue weighted by Crippen LogP contribution is 2.27. The molecule has 5 nitrogen and oxygen atoms in total. The number of para-hydroxylation sites is 1. The van der Waals surface area contributed by atoms with Gasteiger partial charge < -0.3 is 4.74 Å². The minimum Gasteiger partial charge on any atom is -0.465 e. The molecular weight excluding hydrogens is 438 g/mol. The van der Waals surface area contributed by atoms with Crippen molar-refractivity contribution in [3.63, 3.8) is 0 Å². The van der Waals surface area contributed by atoms with Crippen molar-refractivity contribution in [3.8, 4) is 0 Å². The van der Waals surface area contributed by atoms with Gasteiger partial charge in [-0.15, -0.1) is 0 Å². The monoisotopic (exact) mass is 447 g/mol. The van der Waals surface area contributed by atoms with Crippen molar-refractivity contribution in [1.82, 2.24) is 0 Å². The van der Waals surface area contributed by atoms with E-state index in [-0.39, 0.29) is 10.5 Å². The zero-order chi connectivity index (χ0) is 16.3. The van der Waals surface area contributed by atoms with Gasteiger partial charge in [-0.3, -0.25) is 4.72 Å². The van der Waals surface area contributed by atoms with Gasteiger partial charge in [-0.05, 0) is 46.3 Å². The number of sulfonamides is 1. The summed E-state index contributed by atoms with van der Waals surface area (Å²) >= 11 is 6.48. The summed E-state index contributed by atoms with van der Waals surface area (Å²) in [7, 11) is -2.74. The molecule has 0 unspecified atom stereocenters. The van der Waals surface area contributed by atoms with Crippen molar-refractivity contribution in [3.05, 3.63) is 57.0 Å². The molecule has 22 heavy (non-hydrogen) atoms. The van der Waals surface area contributed by atoms with E-state index in [9.17, 15) is 13.2 Å². The largest absolute Gasteiger partial charge is 0.465 e. The third kappa shape index (κ3) is 3.68. The lowest BCUT2D eigenvalue weighted by molar-refractivity contribution is 0.0596. The highest BCUT2D eigenvalue weighted by Gasteiger charge is 2.24. The Morgan fingerprint density at radius 1 is 1.14 bits per heavy atom. The molecule has 0 aromatic heterocycles. The SMILES string of the molecule is COC(=O)c1cc(Br)ccc1S(=O)(=O)Nc1ccccc1Br. The van der Waals surface area contributed by atoms with E-state index < -0.39 is 16.0 Å². The molecule has 0 heterocycles. The smallest absolute Gasteiger partial charge is 0.339 e. The Morgan fingerprint density at radius 3 is 2.45 bits per heavy atom. The summed E-state index contributed by atoms with van der Waals surface area (Å²) < 4.78 is 33.4. The van der Waals surface area contributed by atoms with Crippen molar-refractivity contribution >= 4 is 53.5 Å². The van der Waals surface area contributed by atoms with Crippen LogP contribution in [-0.4, -0.2) is 21.5 Å². The van der Waals surface area contributed by atoms with Gasteiger partial charge in [0.2, 0.25) is 0 Å². The molecule has 0 amide bonds. The van der Waals surface area contributed by atoms with Crippen LogP contribution >= 0.6 is 31.9 Å². The molecule has 0 radical (unpaired) electrons. The number of nitrogens with one attached hydrogen (secondary N) is 1. The lowest BCUT2D eigenvalue weighted by atomic mass is 10.2. The van der Waals surface area contributed by atoms with Crippen LogP contribution in [0.5, 0.6) is 0 Å². The van der Waals surface area contributed by atoms with Gasteiger partial charge in [0.05, 0.1) is 18.4 Å². The normalized spacial score (nSPS) is 11.0. The molecule has 0 atom stereocenters. The van der Waals surface area contributed by atoms with Gasteiger partial charge in [-0.25, -0.2) is 13.2 Å². The molecule has 0 bridgehead atoms. The lowest BCUT2D eigenvalue weighted by Crippen LogP contribution is -2.17. The Balaban J connectivity index is 2.50. The van der Waals surface area contributed by atoms with Crippen LogP contribution in [0.3, 0.4) is 0 Å². The number of rotatable bonds is 4. The first kappa shape index (κ1) is 17.0. The molecule has 0 spiro atoms. The van der Waals surface area contributed by atoms with Gasteiger partial charge in [0.15, 0.2) is 0 Å². The molecule has 2 aromatic rings. The second-order valence-corrected chi connectivity index (χ2v) is 7.64. The highest BCUT2D eigenvalue weighted by molar-refractivity contribution is 9.10. The molecule has 0 aliphatic heterocycles. The third-order valence-corrected chi connectivity index (χ3v) is 5.36. The first-order chi connectivity index (χ1) is 10.3. The standard InChI is InChI=1S/C14H11Br2NO4S/c1-21-14(18)10-8-9(15)6-7-13(10)22(19,20)17-12-5-3-2-4-11(12)16/h2-8,17H,1H3. The van der Waals surface area contributed by atoms with Gasteiger partial charge in [0.25, 0.3) is 10.0 Å². The van der Waals surface area contributed by atoms with Crippen LogP contribution in [0.2, 0.25) is 0 Å². The van der Waals surface area contributed by atoms with E-state index in [1.165, 1.54) is 19.2 Å². The van der Waals surface area contributed by atoms with Crippen LogP contribution < -0.4 is 4.72 Å². The van der Waals surface area contributed by atoms with Crippen LogP contribution in [0.25, 0.3) is 0 Å². The van der Waals surface area contributed by atoms with Gasteiger partial charge >= 0.3 is 5.97 Å². The van der Waals surface area contributed by atoms with E-state index in [1.807, 2.05) is 0 Å². The predicted molar refractivity (Wildman–Crippen MR) is 90.4 cm³/mol. The van der Waals surface area contributed by atoms with Crippen LogP contribution in [0.1, 0.15) is 10.4 Å². The molecule has 8 heteroatoms. The number of hydrogen-bond donors (Lipinski definition) is 1. The number of carbonyl (C=O) groups excluding carboxylic acids is 1. The van der Waals surface area contributed by atoms with Gasteiger partial charge in [-0.2, -0.15) is 0 Å². The zero-order valence-corrected chi connectivity index (χ0v) is 15.3. The zero-order valence-electron chi connectivity index (χ0n) is 11.3. The summed E-state index contributed by atoms with van der Waals surface area (Å²) in [4.78, 5) is 11.7. The number of hydrogen-bond acceptors (Lipinski definition) is 4. The van der Waals surface area contributed by atoms with E-state index in [0.717, 1.165) is 0 Å². The Hall–Kier alpha value is -1.38. The van der Waals surface area contributed by atoms with E-state index >= 15 is 0 Å². The second-order valence-electron chi connectivity index (χ2n) is 4.22. The Labute approximate surface area is 145 Å². The molecule has 0 saturated heterocycles. The maximum Gasteiger partial charge on any atom is 0.339 e. The molecule has 0 aliphatic rings. The number of benzene rings is 2. The molecule has 2 rings (SSSR count). The number of halogens is 2. The molecule has 0 aliphatic carbocycles. The second kappa shape index (κ2) is 6.80. The van der Waals surface area contributed by atoms with E-state index in [4.69, 9.17) is 0 Å². The Morgan fingerprint density at radius 2 is 1.82 bits per heavy atom. The summed E-state index contributed by atoms with van der Waals surface area (Å²) in [6.07, 6.45) is 0. The van der Waals surface area contributed by atoms with Gasteiger partial charge in [0.1, 0.15) is 4.90 Å².